The molecule has 0 aliphatic carbocycles. The van der Waals surface area contributed by atoms with Gasteiger partial charge in [0, 0.05) is 56.7 Å². The number of hydrogen-bond acceptors (Lipinski definition) is 3. The Bertz CT molecular complexity index is 3150. The highest BCUT2D eigenvalue weighted by atomic mass is 32.1. The molecule has 0 atom stereocenters. The molecule has 0 saturated carbocycles. The lowest BCUT2D eigenvalue weighted by Crippen LogP contribution is -1.83. The van der Waals surface area contributed by atoms with Crippen LogP contribution in [0, 0.1) is 0 Å². The van der Waals surface area contributed by atoms with Gasteiger partial charge in [-0.15, -0.1) is 22.7 Å². The van der Waals surface area contributed by atoms with Gasteiger partial charge >= 0.3 is 0 Å². The predicted octanol–water partition coefficient (Wildman–Crippen LogP) is 15.0. The van der Waals surface area contributed by atoms with Gasteiger partial charge in [-0.1, -0.05) is 133 Å². The lowest BCUT2D eigenvalue weighted by atomic mass is 9.96. The fraction of sp³-hybridized carbons (Fsp3) is 0. The Balaban J connectivity index is 1.03. The average Bonchev–Trinajstić information content (AvgIpc) is 3.89. The minimum absolute atomic E-state index is 0.921. The van der Waals surface area contributed by atoms with Crippen LogP contribution >= 0.6 is 22.7 Å². The van der Waals surface area contributed by atoms with E-state index in [4.69, 9.17) is 4.42 Å². The third-order valence-corrected chi connectivity index (χ3v) is 12.7. The summed E-state index contributed by atoms with van der Waals surface area (Å²) in [5.74, 6) is 0. The zero-order chi connectivity index (χ0) is 33.5. The first kappa shape index (κ1) is 28.8. The third-order valence-electron chi connectivity index (χ3n) is 10.3. The molecule has 51 heavy (non-hydrogen) atoms. The van der Waals surface area contributed by atoms with Crippen molar-refractivity contribution in [3.8, 4) is 44.5 Å². The van der Waals surface area contributed by atoms with Crippen molar-refractivity contribution in [1.29, 1.82) is 0 Å². The second kappa shape index (κ2) is 11.3. The van der Waals surface area contributed by atoms with Crippen LogP contribution in [0.1, 0.15) is 0 Å². The molecule has 11 rings (SSSR count). The van der Waals surface area contributed by atoms with Crippen LogP contribution in [0.2, 0.25) is 0 Å². The van der Waals surface area contributed by atoms with E-state index in [9.17, 15) is 0 Å². The van der Waals surface area contributed by atoms with Gasteiger partial charge in [0.05, 0.1) is 0 Å². The number of hydrogen-bond donors (Lipinski definition) is 0. The molecule has 0 amide bonds. The lowest BCUT2D eigenvalue weighted by Gasteiger charge is -2.08. The molecule has 0 aliphatic rings. The molecule has 0 bridgehead atoms. The molecule has 3 heterocycles. The molecule has 0 spiro atoms. The first-order valence-electron chi connectivity index (χ1n) is 17.2. The summed E-state index contributed by atoms with van der Waals surface area (Å²) < 4.78 is 11.7. The van der Waals surface area contributed by atoms with Crippen molar-refractivity contribution >= 4 is 85.0 Å². The Hall–Kier alpha value is -6.00. The molecule has 8 aromatic carbocycles. The molecule has 0 unspecified atom stereocenters. The quantitative estimate of drug-likeness (QED) is 0.180. The van der Waals surface area contributed by atoms with Gasteiger partial charge in [0.1, 0.15) is 11.2 Å². The van der Waals surface area contributed by atoms with E-state index < -0.39 is 0 Å². The van der Waals surface area contributed by atoms with Crippen LogP contribution < -0.4 is 0 Å². The van der Waals surface area contributed by atoms with Crippen LogP contribution in [0.3, 0.4) is 0 Å². The summed E-state index contributed by atoms with van der Waals surface area (Å²) in [6.45, 7) is 0. The topological polar surface area (TPSA) is 13.1 Å². The molecule has 1 nitrogen and oxygen atoms in total. The number of para-hydroxylation sites is 2. The van der Waals surface area contributed by atoms with Crippen LogP contribution in [0.4, 0.5) is 0 Å². The van der Waals surface area contributed by atoms with Crippen molar-refractivity contribution in [2.75, 3.05) is 0 Å². The van der Waals surface area contributed by atoms with Crippen molar-refractivity contribution < 1.29 is 4.42 Å². The van der Waals surface area contributed by atoms with Gasteiger partial charge in [-0.2, -0.15) is 0 Å². The largest absolute Gasteiger partial charge is 0.455 e. The third kappa shape index (κ3) is 4.52. The van der Waals surface area contributed by atoms with Gasteiger partial charge in [-0.3, -0.25) is 0 Å². The molecule has 0 N–H and O–H groups in total. The summed E-state index contributed by atoms with van der Waals surface area (Å²) in [5.41, 5.74) is 11.6. The SMILES string of the molecule is c1cc(-c2ccc3sc4ccccc4c3c2)cc(-c2cccc3c2sc2c(-c4cccc(-c5cccc6c5oc5ccccc56)c4)cccc23)c1. The van der Waals surface area contributed by atoms with Crippen LogP contribution in [-0.4, -0.2) is 0 Å². The Kier molecular flexibility index (Phi) is 6.36. The molecule has 3 heteroatoms. The van der Waals surface area contributed by atoms with Crippen LogP contribution in [0.5, 0.6) is 0 Å². The second-order valence-corrected chi connectivity index (χ2v) is 15.3. The van der Waals surface area contributed by atoms with Gasteiger partial charge in [0.25, 0.3) is 0 Å². The summed E-state index contributed by atoms with van der Waals surface area (Å²) in [5, 5.41) is 7.56. The molecule has 3 aromatic heterocycles. The van der Waals surface area contributed by atoms with E-state index in [1.807, 2.05) is 34.8 Å². The van der Waals surface area contributed by atoms with Gasteiger partial charge in [-0.25, -0.2) is 0 Å². The molecule has 0 radical (unpaired) electrons. The average molecular weight is 685 g/mol. The van der Waals surface area contributed by atoms with Gasteiger partial charge in [0.2, 0.25) is 0 Å². The summed E-state index contributed by atoms with van der Waals surface area (Å²) in [6.07, 6.45) is 0. The van der Waals surface area contributed by atoms with Crippen molar-refractivity contribution in [2.45, 2.75) is 0 Å². The number of rotatable bonds is 4. The van der Waals surface area contributed by atoms with E-state index in [1.54, 1.807) is 0 Å². The number of furan rings is 1. The van der Waals surface area contributed by atoms with Crippen molar-refractivity contribution in [2.24, 2.45) is 0 Å². The molecule has 0 aliphatic heterocycles. The summed E-state index contributed by atoms with van der Waals surface area (Å²) in [6, 6.07) is 61.9. The maximum absolute atomic E-state index is 6.42. The zero-order valence-corrected chi connectivity index (χ0v) is 29.0. The first-order chi connectivity index (χ1) is 25.3. The maximum Gasteiger partial charge on any atom is 0.143 e. The van der Waals surface area contributed by atoms with E-state index in [1.165, 1.54) is 73.7 Å². The predicted molar refractivity (Wildman–Crippen MR) is 221 cm³/mol. The second-order valence-electron chi connectivity index (χ2n) is 13.2. The Morgan fingerprint density at radius 3 is 1.61 bits per heavy atom. The normalized spacial score (nSPS) is 11.9. The van der Waals surface area contributed by atoms with Gasteiger partial charge in [0.15, 0.2) is 0 Å². The fourth-order valence-electron chi connectivity index (χ4n) is 7.88. The number of fused-ring (bicyclic) bond motifs is 9. The van der Waals surface area contributed by atoms with Crippen molar-refractivity contribution in [3.63, 3.8) is 0 Å². The van der Waals surface area contributed by atoms with Gasteiger partial charge in [-0.05, 0) is 75.3 Å². The minimum Gasteiger partial charge on any atom is -0.455 e. The van der Waals surface area contributed by atoms with Gasteiger partial charge < -0.3 is 4.42 Å². The van der Waals surface area contributed by atoms with Crippen LogP contribution in [0.25, 0.3) is 107 Å². The van der Waals surface area contributed by atoms with E-state index in [0.717, 1.165) is 33.1 Å². The van der Waals surface area contributed by atoms with Crippen molar-refractivity contribution in [1.82, 2.24) is 0 Å². The van der Waals surface area contributed by atoms with E-state index >= 15 is 0 Å². The zero-order valence-electron chi connectivity index (χ0n) is 27.4. The smallest absolute Gasteiger partial charge is 0.143 e. The molecule has 0 fully saturated rings. The number of benzene rings is 8. The maximum atomic E-state index is 6.42. The standard InChI is InChI=1S/C48H28OS2/c1-3-22-43-37(14-1)39-19-7-16-34(46(39)49-43)31-11-6-13-33(27-31)36-18-9-21-41-40-20-8-17-35(47(40)51-48(36)41)32-12-5-10-29(26-32)30-24-25-45-42(28-30)38-15-2-4-23-44(38)50-45/h1-28H. The molecule has 0 saturated heterocycles. The van der Waals surface area contributed by atoms with E-state index in [-0.39, 0.29) is 0 Å². The van der Waals surface area contributed by atoms with Crippen LogP contribution in [-0.2, 0) is 0 Å². The number of thiophene rings is 2. The highest BCUT2D eigenvalue weighted by molar-refractivity contribution is 7.27. The molecule has 11 aromatic rings. The summed E-state index contributed by atoms with van der Waals surface area (Å²) >= 11 is 3.77. The highest BCUT2D eigenvalue weighted by Gasteiger charge is 2.17. The lowest BCUT2D eigenvalue weighted by molar-refractivity contribution is 0.670. The van der Waals surface area contributed by atoms with E-state index in [0.29, 0.717) is 0 Å². The Morgan fingerprint density at radius 2 is 0.843 bits per heavy atom. The molecular formula is C48H28OS2. The highest BCUT2D eigenvalue weighted by Crippen LogP contribution is 2.45. The summed E-state index contributed by atoms with van der Waals surface area (Å²) in [4.78, 5) is 0. The Labute approximate surface area is 302 Å². The summed E-state index contributed by atoms with van der Waals surface area (Å²) in [7, 11) is 0. The monoisotopic (exact) mass is 684 g/mol. The van der Waals surface area contributed by atoms with Crippen LogP contribution in [0.15, 0.2) is 174 Å². The van der Waals surface area contributed by atoms with Crippen molar-refractivity contribution in [3.05, 3.63) is 170 Å². The molecule has 238 valence electrons. The minimum atomic E-state index is 0.921. The Morgan fingerprint density at radius 1 is 0.314 bits per heavy atom. The molecular weight excluding hydrogens is 657 g/mol. The van der Waals surface area contributed by atoms with E-state index in [2.05, 4.69) is 158 Å². The first-order valence-corrected chi connectivity index (χ1v) is 18.9. The fourth-order valence-corrected chi connectivity index (χ4v) is 10.3.